The number of ether oxygens (including phenoxy) is 1. The van der Waals surface area contributed by atoms with Crippen LogP contribution in [-0.4, -0.2) is 19.1 Å². The van der Waals surface area contributed by atoms with E-state index in [-0.39, 0.29) is 36.5 Å². The quantitative estimate of drug-likeness (QED) is 0.438. The molecule has 3 atom stereocenters. The molecule has 1 aliphatic rings. The number of nitrogens with one attached hydrogen (secondary N) is 1. The highest BCUT2D eigenvalue weighted by molar-refractivity contribution is 5.73. The summed E-state index contributed by atoms with van der Waals surface area (Å²) in [5, 5.41) is 3.46. The van der Waals surface area contributed by atoms with Gasteiger partial charge >= 0.3 is 12.4 Å². The summed E-state index contributed by atoms with van der Waals surface area (Å²) in [5.74, 6) is -0.157. The van der Waals surface area contributed by atoms with Gasteiger partial charge in [-0.1, -0.05) is 30.3 Å². The molecule has 192 valence electrons. The highest BCUT2D eigenvalue weighted by atomic mass is 19.4. The number of alkyl halides is 6. The third kappa shape index (κ3) is 6.98. The Hall–Kier alpha value is -2.59. The van der Waals surface area contributed by atoms with Crippen molar-refractivity contribution < 1.29 is 35.9 Å². The number of nitrogens with two attached hydrogens (primary N) is 1. The Bertz CT molecular complexity index is 967. The summed E-state index contributed by atoms with van der Waals surface area (Å²) < 4.78 is 85.5. The van der Waals surface area contributed by atoms with E-state index in [9.17, 15) is 31.1 Å². The van der Waals surface area contributed by atoms with Crippen LogP contribution in [0.3, 0.4) is 0 Å². The average molecular weight is 502 g/mol. The highest BCUT2D eigenvalue weighted by Crippen LogP contribution is 2.39. The molecule has 1 aliphatic heterocycles. The maximum absolute atomic E-state index is 13.3. The van der Waals surface area contributed by atoms with Crippen molar-refractivity contribution in [1.29, 1.82) is 0 Å². The van der Waals surface area contributed by atoms with Crippen LogP contribution in [-0.2, 0) is 27.4 Å². The normalized spacial score (nSPS) is 22.1. The molecule has 0 radical (unpaired) electrons. The fraction of sp³-hybridized carbons (Fsp3) is 0.480. The molecule has 0 unspecified atom stereocenters. The molecule has 0 aromatic heterocycles. The van der Waals surface area contributed by atoms with Crippen molar-refractivity contribution in [2.75, 3.05) is 13.2 Å². The largest absolute Gasteiger partial charge is 0.416 e. The molecule has 3 N–H and O–H groups in total. The molecule has 0 spiro atoms. The van der Waals surface area contributed by atoms with Gasteiger partial charge in [0.15, 0.2) is 0 Å². The van der Waals surface area contributed by atoms with Gasteiger partial charge in [-0.2, -0.15) is 26.3 Å². The lowest BCUT2D eigenvalue weighted by Crippen LogP contribution is -2.52. The monoisotopic (exact) mass is 502 g/mol. The zero-order valence-corrected chi connectivity index (χ0v) is 19.2. The molecule has 0 saturated carbocycles. The zero-order chi connectivity index (χ0) is 25.9. The first-order valence-corrected chi connectivity index (χ1v) is 11.3. The predicted molar refractivity (Wildman–Crippen MR) is 118 cm³/mol. The van der Waals surface area contributed by atoms with E-state index in [1.165, 1.54) is 6.92 Å². The van der Waals surface area contributed by atoms with Crippen molar-refractivity contribution in [1.82, 2.24) is 5.32 Å². The van der Waals surface area contributed by atoms with Crippen LogP contribution in [0.5, 0.6) is 0 Å². The minimum Gasteiger partial charge on any atom is -0.372 e. The van der Waals surface area contributed by atoms with Crippen molar-refractivity contribution in [2.45, 2.75) is 56.6 Å². The number of carbonyl (C=O) groups is 1. The summed E-state index contributed by atoms with van der Waals surface area (Å²) in [6, 6.07) is 10.9. The van der Waals surface area contributed by atoms with E-state index in [0.29, 0.717) is 31.5 Å². The number of benzene rings is 2. The summed E-state index contributed by atoms with van der Waals surface area (Å²) in [6.07, 6.45) is -8.59. The number of piperidine rings is 1. The van der Waals surface area contributed by atoms with Crippen LogP contribution >= 0.6 is 0 Å². The molecule has 1 saturated heterocycles. The van der Waals surface area contributed by atoms with E-state index < -0.39 is 35.1 Å². The van der Waals surface area contributed by atoms with Crippen LogP contribution in [0.1, 0.15) is 61.0 Å². The van der Waals surface area contributed by atoms with Gasteiger partial charge in [0.1, 0.15) is 0 Å². The molecular weight excluding hydrogens is 474 g/mol. The van der Waals surface area contributed by atoms with Crippen molar-refractivity contribution in [3.63, 3.8) is 0 Å². The average Bonchev–Trinajstić information content (AvgIpc) is 2.81. The Balaban J connectivity index is 1.81. The Morgan fingerprint density at radius 1 is 1.09 bits per heavy atom. The Morgan fingerprint density at radius 2 is 1.69 bits per heavy atom. The molecule has 2 aromatic carbocycles. The number of primary amides is 1. The van der Waals surface area contributed by atoms with Gasteiger partial charge in [-0.3, -0.25) is 4.79 Å². The summed E-state index contributed by atoms with van der Waals surface area (Å²) >= 11 is 0. The van der Waals surface area contributed by atoms with Crippen LogP contribution in [0.25, 0.3) is 0 Å². The molecule has 1 heterocycles. The Morgan fingerprint density at radius 3 is 2.17 bits per heavy atom. The van der Waals surface area contributed by atoms with E-state index in [1.54, 1.807) is 0 Å². The number of hydrogen-bond acceptors (Lipinski definition) is 3. The van der Waals surface area contributed by atoms with E-state index in [4.69, 9.17) is 10.5 Å². The van der Waals surface area contributed by atoms with Gasteiger partial charge in [-0.25, -0.2) is 0 Å². The lowest BCUT2D eigenvalue weighted by molar-refractivity contribution is -0.143. The van der Waals surface area contributed by atoms with Crippen molar-refractivity contribution in [2.24, 2.45) is 11.7 Å². The second kappa shape index (κ2) is 10.6. The summed E-state index contributed by atoms with van der Waals surface area (Å²) in [5.41, 5.74) is 2.53. The van der Waals surface area contributed by atoms with Gasteiger partial charge in [-0.05, 0) is 68.0 Å². The van der Waals surface area contributed by atoms with E-state index in [1.807, 2.05) is 30.3 Å². The van der Waals surface area contributed by atoms with Gasteiger partial charge in [-0.15, -0.1) is 0 Å². The van der Waals surface area contributed by atoms with Crippen molar-refractivity contribution >= 4 is 5.91 Å². The van der Waals surface area contributed by atoms with Gasteiger partial charge in [0.05, 0.1) is 29.4 Å². The predicted octanol–water partition coefficient (Wildman–Crippen LogP) is 5.96. The minimum absolute atomic E-state index is 0.0400. The fourth-order valence-electron chi connectivity index (χ4n) is 4.36. The number of halogens is 6. The summed E-state index contributed by atoms with van der Waals surface area (Å²) in [6.45, 7) is 2.05. The maximum atomic E-state index is 13.3. The van der Waals surface area contributed by atoms with Crippen LogP contribution in [0.2, 0.25) is 0 Å². The standard InChI is InChI=1S/C25H28F6N2O2/c1-16(18-11-20(24(26,27)28)13-21(12-18)25(29,30)31)35-15-23(19-5-3-2-4-6-19)10-9-17(14-33-23)7-8-22(32)34/h2-6,11-13,16-17,33H,7-10,14-15H2,1H3,(H2,32,34)/t16-,17+,23-/m1/s1. The molecule has 3 rings (SSSR count). The zero-order valence-electron chi connectivity index (χ0n) is 19.2. The molecule has 0 aliphatic carbocycles. The van der Waals surface area contributed by atoms with Gasteiger partial charge < -0.3 is 15.8 Å². The molecule has 1 fully saturated rings. The van der Waals surface area contributed by atoms with Crippen LogP contribution in [0.15, 0.2) is 48.5 Å². The van der Waals surface area contributed by atoms with E-state index in [2.05, 4.69) is 5.32 Å². The second-order valence-corrected chi connectivity index (χ2v) is 9.03. The van der Waals surface area contributed by atoms with Gasteiger partial charge in [0, 0.05) is 6.42 Å². The van der Waals surface area contributed by atoms with Gasteiger partial charge in [0.2, 0.25) is 5.91 Å². The first-order valence-electron chi connectivity index (χ1n) is 11.3. The molecule has 0 bridgehead atoms. The highest BCUT2D eigenvalue weighted by Gasteiger charge is 2.39. The number of amides is 1. The molecule has 2 aromatic rings. The fourth-order valence-corrected chi connectivity index (χ4v) is 4.36. The number of carbonyl (C=O) groups excluding carboxylic acids is 1. The topological polar surface area (TPSA) is 64.3 Å². The van der Waals surface area contributed by atoms with Gasteiger partial charge in [0.25, 0.3) is 0 Å². The molecular formula is C25H28F6N2O2. The molecule has 35 heavy (non-hydrogen) atoms. The summed E-state index contributed by atoms with van der Waals surface area (Å²) in [7, 11) is 0. The van der Waals surface area contributed by atoms with Crippen LogP contribution in [0.4, 0.5) is 26.3 Å². The first kappa shape index (κ1) is 27.0. The summed E-state index contributed by atoms with van der Waals surface area (Å²) in [4.78, 5) is 11.1. The third-order valence-corrected chi connectivity index (χ3v) is 6.49. The molecule has 1 amide bonds. The second-order valence-electron chi connectivity index (χ2n) is 9.03. The third-order valence-electron chi connectivity index (χ3n) is 6.49. The van der Waals surface area contributed by atoms with Crippen molar-refractivity contribution in [3.05, 3.63) is 70.8 Å². The van der Waals surface area contributed by atoms with Crippen LogP contribution < -0.4 is 11.1 Å². The Labute approximate surface area is 199 Å². The lowest BCUT2D eigenvalue weighted by Gasteiger charge is -2.42. The van der Waals surface area contributed by atoms with E-state index in [0.717, 1.165) is 12.0 Å². The van der Waals surface area contributed by atoms with Crippen LogP contribution in [0, 0.1) is 5.92 Å². The molecule has 4 nitrogen and oxygen atoms in total. The first-order chi connectivity index (χ1) is 16.3. The molecule has 10 heteroatoms. The number of hydrogen-bond donors (Lipinski definition) is 2. The Kier molecular flexibility index (Phi) is 8.16. The minimum atomic E-state index is -4.92. The SMILES string of the molecule is C[C@@H](OC[C@@]1(c2ccccc2)CC[C@H](CCC(N)=O)CN1)c1cc(C(F)(F)F)cc(C(F)(F)F)c1. The van der Waals surface area contributed by atoms with Crippen molar-refractivity contribution in [3.8, 4) is 0 Å². The van der Waals surface area contributed by atoms with E-state index >= 15 is 0 Å². The number of rotatable bonds is 8. The lowest BCUT2D eigenvalue weighted by atomic mass is 9.78. The smallest absolute Gasteiger partial charge is 0.372 e. The maximum Gasteiger partial charge on any atom is 0.416 e.